The van der Waals surface area contributed by atoms with Crippen molar-refractivity contribution in [1.29, 1.82) is 0 Å². The zero-order chi connectivity index (χ0) is 29.9. The highest BCUT2D eigenvalue weighted by Crippen LogP contribution is 2.28. The van der Waals surface area contributed by atoms with Gasteiger partial charge >= 0.3 is 0 Å². The summed E-state index contributed by atoms with van der Waals surface area (Å²) in [5, 5.41) is 6.57. The minimum absolute atomic E-state index is 0.560. The molecule has 1 aliphatic heterocycles. The summed E-state index contributed by atoms with van der Waals surface area (Å²) in [7, 11) is 9.75. The number of fused-ring (bicyclic) bond motifs is 1. The number of nitrogens with zero attached hydrogens (tertiary/aromatic N) is 5. The van der Waals surface area contributed by atoms with E-state index in [1.54, 1.807) is 7.05 Å². The van der Waals surface area contributed by atoms with Gasteiger partial charge in [0, 0.05) is 105 Å². The summed E-state index contributed by atoms with van der Waals surface area (Å²) in [6.45, 7) is 6.59. The quantitative estimate of drug-likeness (QED) is 0.330. The van der Waals surface area contributed by atoms with E-state index in [2.05, 4.69) is 100 Å². The van der Waals surface area contributed by atoms with E-state index in [0.717, 1.165) is 42.1 Å². The second-order valence-corrected chi connectivity index (χ2v) is 10.3. The number of carbonyl (C=O) groups excluding carboxylic acids is 2. The molecule has 4 aromatic rings. The van der Waals surface area contributed by atoms with Crippen LogP contribution in [0.5, 0.6) is 0 Å². The molecule has 41 heavy (non-hydrogen) atoms. The fourth-order valence-electron chi connectivity index (χ4n) is 4.77. The van der Waals surface area contributed by atoms with Crippen LogP contribution in [0.3, 0.4) is 0 Å². The van der Waals surface area contributed by atoms with E-state index in [1.807, 2.05) is 49.6 Å². The van der Waals surface area contributed by atoms with Gasteiger partial charge in [0.15, 0.2) is 0 Å². The van der Waals surface area contributed by atoms with Crippen LogP contribution in [0.25, 0.3) is 10.9 Å². The van der Waals surface area contributed by atoms with Gasteiger partial charge in [0.1, 0.15) is 12.1 Å². The molecule has 1 fully saturated rings. The maximum Gasteiger partial charge on any atom is 0.206 e. The van der Waals surface area contributed by atoms with E-state index in [1.165, 1.54) is 16.6 Å². The van der Waals surface area contributed by atoms with Crippen LogP contribution in [0, 0.1) is 0 Å². The number of aryl methyl sites for hydroxylation is 1. The smallest absolute Gasteiger partial charge is 0.206 e. The molecule has 9 heteroatoms. The average molecular weight is 558 g/mol. The Morgan fingerprint density at radius 2 is 1.54 bits per heavy atom. The van der Waals surface area contributed by atoms with Gasteiger partial charge in [0.05, 0.1) is 0 Å². The molecule has 0 aliphatic carbocycles. The first-order valence-electron chi connectivity index (χ1n) is 13.8. The first-order valence-corrected chi connectivity index (χ1v) is 13.8. The predicted molar refractivity (Wildman–Crippen MR) is 171 cm³/mol. The lowest BCUT2D eigenvalue weighted by Crippen LogP contribution is -2.55. The molecule has 2 atom stereocenters. The molecule has 9 nitrogen and oxygen atoms in total. The SMILES string of the molecule is CC1CN(c2ccc(C=O)cc2)CC(C)N1C.CNC=O.CNc1cc(N(C)c2ccc3c(ccn3C)c2)ccn1. The van der Waals surface area contributed by atoms with Crippen LogP contribution in [-0.4, -0.2) is 80.5 Å². The lowest BCUT2D eigenvalue weighted by molar-refractivity contribution is -0.109. The van der Waals surface area contributed by atoms with Crippen LogP contribution in [0.15, 0.2) is 73.1 Å². The summed E-state index contributed by atoms with van der Waals surface area (Å²) in [5.41, 5.74) is 5.47. The minimum Gasteiger partial charge on any atom is -0.373 e. The number of benzene rings is 2. The van der Waals surface area contributed by atoms with E-state index in [4.69, 9.17) is 4.79 Å². The zero-order valence-corrected chi connectivity index (χ0v) is 25.2. The molecule has 1 aliphatic rings. The minimum atomic E-state index is 0.560. The van der Waals surface area contributed by atoms with Crippen molar-refractivity contribution in [1.82, 2.24) is 19.8 Å². The van der Waals surface area contributed by atoms with Crippen molar-refractivity contribution in [3.8, 4) is 0 Å². The molecule has 2 N–H and O–H groups in total. The van der Waals surface area contributed by atoms with Gasteiger partial charge in [-0.25, -0.2) is 4.98 Å². The van der Waals surface area contributed by atoms with Crippen LogP contribution < -0.4 is 20.4 Å². The van der Waals surface area contributed by atoms with Gasteiger partial charge in [0.2, 0.25) is 6.41 Å². The second-order valence-electron chi connectivity index (χ2n) is 10.3. The monoisotopic (exact) mass is 557 g/mol. The normalized spacial score (nSPS) is 16.5. The van der Waals surface area contributed by atoms with Gasteiger partial charge in [-0.2, -0.15) is 0 Å². The van der Waals surface area contributed by atoms with E-state index in [0.29, 0.717) is 18.5 Å². The number of carbonyl (C=O) groups is 2. The number of nitrogens with one attached hydrogen (secondary N) is 2. The van der Waals surface area contributed by atoms with Gasteiger partial charge in [0.25, 0.3) is 0 Å². The van der Waals surface area contributed by atoms with Gasteiger partial charge in [-0.1, -0.05) is 0 Å². The van der Waals surface area contributed by atoms with Crippen molar-refractivity contribution >= 4 is 46.5 Å². The molecule has 5 rings (SSSR count). The number of rotatable bonds is 6. The van der Waals surface area contributed by atoms with E-state index >= 15 is 0 Å². The Balaban J connectivity index is 0.000000202. The molecule has 2 aromatic carbocycles. The number of piperazine rings is 1. The summed E-state index contributed by atoms with van der Waals surface area (Å²) in [5.74, 6) is 0.870. The lowest BCUT2D eigenvalue weighted by atomic mass is 10.1. The van der Waals surface area contributed by atoms with Gasteiger partial charge < -0.3 is 25.0 Å². The van der Waals surface area contributed by atoms with E-state index in [-0.39, 0.29) is 0 Å². The van der Waals surface area contributed by atoms with Crippen LogP contribution >= 0.6 is 0 Å². The first-order chi connectivity index (χ1) is 19.7. The van der Waals surface area contributed by atoms with E-state index < -0.39 is 0 Å². The Kier molecular flexibility index (Phi) is 11.3. The average Bonchev–Trinajstić information content (AvgIpc) is 3.39. The molecule has 0 spiro atoms. The van der Waals surface area contributed by atoms with Crippen LogP contribution in [0.2, 0.25) is 0 Å². The molecule has 0 saturated carbocycles. The number of likely N-dealkylation sites (N-methyl/N-ethyl adjacent to an activating group) is 1. The third-order valence-electron chi connectivity index (χ3n) is 7.51. The molecule has 2 unspecified atom stereocenters. The molecule has 0 bridgehead atoms. The first kappa shape index (κ1) is 31.2. The summed E-state index contributed by atoms with van der Waals surface area (Å²) in [6, 6.07) is 21.6. The number of hydrogen-bond acceptors (Lipinski definition) is 7. The Morgan fingerprint density at radius 3 is 2.12 bits per heavy atom. The predicted octanol–water partition coefficient (Wildman–Crippen LogP) is 4.77. The van der Waals surface area contributed by atoms with Gasteiger partial charge in [-0.05, 0) is 75.5 Å². The fraction of sp³-hybridized carbons (Fsp3) is 0.344. The number of aldehydes is 1. The maximum atomic E-state index is 10.6. The highest BCUT2D eigenvalue weighted by molar-refractivity contribution is 5.85. The van der Waals surface area contributed by atoms with Crippen LogP contribution in [0.4, 0.5) is 22.9 Å². The Morgan fingerprint density at radius 1 is 0.902 bits per heavy atom. The highest BCUT2D eigenvalue weighted by Gasteiger charge is 2.26. The van der Waals surface area contributed by atoms with Crippen LogP contribution in [-0.2, 0) is 11.8 Å². The zero-order valence-electron chi connectivity index (χ0n) is 25.2. The fourth-order valence-corrected chi connectivity index (χ4v) is 4.77. The molecule has 1 saturated heterocycles. The van der Waals surface area contributed by atoms with Crippen molar-refractivity contribution in [2.75, 3.05) is 56.4 Å². The summed E-state index contributed by atoms with van der Waals surface area (Å²) >= 11 is 0. The summed E-state index contributed by atoms with van der Waals surface area (Å²) < 4.78 is 2.13. The number of aromatic nitrogens is 2. The van der Waals surface area contributed by atoms with E-state index in [9.17, 15) is 4.79 Å². The number of anilines is 4. The largest absolute Gasteiger partial charge is 0.373 e. The van der Waals surface area contributed by atoms with Crippen molar-refractivity contribution < 1.29 is 9.59 Å². The topological polar surface area (TPSA) is 85.7 Å². The number of amides is 1. The number of hydrogen-bond donors (Lipinski definition) is 2. The van der Waals surface area contributed by atoms with Crippen molar-refractivity contribution in [2.45, 2.75) is 25.9 Å². The van der Waals surface area contributed by atoms with Gasteiger partial charge in [-0.3, -0.25) is 14.5 Å². The van der Waals surface area contributed by atoms with Crippen LogP contribution in [0.1, 0.15) is 24.2 Å². The molecule has 2 aromatic heterocycles. The Bertz CT molecular complexity index is 1390. The Labute approximate surface area is 243 Å². The second kappa shape index (κ2) is 14.9. The number of pyridine rings is 1. The maximum absolute atomic E-state index is 10.6. The Hall–Kier alpha value is -4.37. The molecule has 3 heterocycles. The summed E-state index contributed by atoms with van der Waals surface area (Å²) in [4.78, 5) is 30.9. The van der Waals surface area contributed by atoms with Crippen molar-refractivity contribution in [3.63, 3.8) is 0 Å². The molecular formula is C32H43N7O2. The van der Waals surface area contributed by atoms with Crippen molar-refractivity contribution in [2.24, 2.45) is 7.05 Å². The third kappa shape index (κ3) is 8.08. The van der Waals surface area contributed by atoms with Crippen molar-refractivity contribution in [3.05, 3.63) is 78.6 Å². The highest BCUT2D eigenvalue weighted by atomic mass is 16.1. The third-order valence-corrected chi connectivity index (χ3v) is 7.51. The molecule has 1 amide bonds. The van der Waals surface area contributed by atoms with Gasteiger partial charge in [-0.15, -0.1) is 0 Å². The molecule has 218 valence electrons. The standard InChI is InChI=1S/C16H18N4.C14H20N2O.C2H5NO/c1-17-16-11-14(6-8-18-16)20(3)13-4-5-15-12(10-13)7-9-19(15)2;1-11-8-16(9-12(2)15(11)3)14-6-4-13(10-17)5-7-14;1-3-2-4/h4-11H,1-3H3,(H,17,18);4-7,10-12H,8-9H2,1-3H3;2H,1H3,(H,3,4). The molecule has 0 radical (unpaired) electrons. The lowest BCUT2D eigenvalue weighted by Gasteiger charge is -2.43. The molecular weight excluding hydrogens is 514 g/mol. The summed E-state index contributed by atoms with van der Waals surface area (Å²) in [6.07, 6.45) is 5.41.